The highest BCUT2D eigenvalue weighted by molar-refractivity contribution is 7.80. The molecule has 0 aliphatic carbocycles. The summed E-state index contributed by atoms with van der Waals surface area (Å²) in [6.45, 7) is 1.85. The lowest BCUT2D eigenvalue weighted by Crippen LogP contribution is -2.25. The fourth-order valence-corrected chi connectivity index (χ4v) is 1.82. The maximum Gasteiger partial charge on any atom is 0.268 e. The summed E-state index contributed by atoms with van der Waals surface area (Å²) in [6, 6.07) is 3.60. The molecule has 0 atom stereocenters. The molecule has 3 N–H and O–H groups in total. The van der Waals surface area contributed by atoms with Crippen LogP contribution in [0.15, 0.2) is 28.2 Å². The Balaban J connectivity index is 2.60. The van der Waals surface area contributed by atoms with E-state index >= 15 is 0 Å². The Morgan fingerprint density at radius 1 is 1.68 bits per heavy atom. The number of nitrogens with zero attached hydrogens (tertiary/aromatic N) is 3. The minimum absolute atomic E-state index is 0.00272. The largest absolute Gasteiger partial charge is 0.375 e. The van der Waals surface area contributed by atoms with Gasteiger partial charge >= 0.3 is 0 Å². The van der Waals surface area contributed by atoms with E-state index in [4.69, 9.17) is 17.3 Å². The van der Waals surface area contributed by atoms with Crippen LogP contribution in [0.2, 0.25) is 5.15 Å². The zero-order valence-electron chi connectivity index (χ0n) is 9.92. The van der Waals surface area contributed by atoms with Crippen LogP contribution in [0.4, 0.5) is 0 Å². The van der Waals surface area contributed by atoms with E-state index in [2.05, 4.69) is 27.7 Å². The molecule has 0 unspecified atom stereocenters. The summed E-state index contributed by atoms with van der Waals surface area (Å²) in [5.41, 5.74) is 8.78. The summed E-state index contributed by atoms with van der Waals surface area (Å²) in [5.74, 6) is 0. The molecule has 0 aliphatic heterocycles. The SMILES string of the molecule is Cc1cccn2c(=O)c(/C=N/NC(N)=S)c(Cl)nc12. The van der Waals surface area contributed by atoms with E-state index in [1.807, 2.05) is 13.0 Å². The third kappa shape index (κ3) is 2.72. The number of aromatic nitrogens is 2. The average molecular weight is 296 g/mol. The van der Waals surface area contributed by atoms with E-state index in [1.165, 1.54) is 10.6 Å². The van der Waals surface area contributed by atoms with Gasteiger partial charge in [0.15, 0.2) is 5.11 Å². The van der Waals surface area contributed by atoms with E-state index in [0.29, 0.717) is 5.65 Å². The second kappa shape index (κ2) is 5.33. The molecule has 0 amide bonds. The van der Waals surface area contributed by atoms with Gasteiger partial charge in [0.2, 0.25) is 0 Å². The van der Waals surface area contributed by atoms with Crippen molar-refractivity contribution in [3.8, 4) is 0 Å². The van der Waals surface area contributed by atoms with Gasteiger partial charge in [-0.15, -0.1) is 0 Å². The van der Waals surface area contributed by atoms with Crippen molar-refractivity contribution >= 4 is 40.8 Å². The molecule has 98 valence electrons. The lowest BCUT2D eigenvalue weighted by molar-refractivity contribution is 1.01. The monoisotopic (exact) mass is 295 g/mol. The van der Waals surface area contributed by atoms with Gasteiger partial charge < -0.3 is 5.73 Å². The van der Waals surface area contributed by atoms with Gasteiger partial charge in [-0.1, -0.05) is 17.7 Å². The molecular formula is C11H10ClN5OS. The molecular weight excluding hydrogens is 286 g/mol. The molecule has 8 heteroatoms. The van der Waals surface area contributed by atoms with Crippen LogP contribution in [0.25, 0.3) is 5.65 Å². The molecule has 0 spiro atoms. The summed E-state index contributed by atoms with van der Waals surface area (Å²) in [7, 11) is 0. The Labute approximate surface area is 118 Å². The van der Waals surface area contributed by atoms with E-state index in [1.54, 1.807) is 12.3 Å². The maximum absolute atomic E-state index is 12.2. The molecule has 2 aromatic heterocycles. The average Bonchev–Trinajstić information content (AvgIpc) is 2.34. The molecule has 2 heterocycles. The first-order valence-electron chi connectivity index (χ1n) is 5.26. The molecule has 19 heavy (non-hydrogen) atoms. The van der Waals surface area contributed by atoms with Gasteiger partial charge in [0.05, 0.1) is 11.8 Å². The van der Waals surface area contributed by atoms with Crippen LogP contribution in [-0.4, -0.2) is 20.7 Å². The fraction of sp³-hybridized carbons (Fsp3) is 0.0909. The van der Waals surface area contributed by atoms with E-state index in [9.17, 15) is 4.79 Å². The zero-order valence-corrected chi connectivity index (χ0v) is 11.5. The Kier molecular flexibility index (Phi) is 3.77. The Morgan fingerprint density at radius 3 is 3.11 bits per heavy atom. The molecule has 6 nitrogen and oxygen atoms in total. The highest BCUT2D eigenvalue weighted by Crippen LogP contribution is 2.11. The maximum atomic E-state index is 12.2. The smallest absolute Gasteiger partial charge is 0.268 e. The molecule has 0 fully saturated rings. The van der Waals surface area contributed by atoms with Crippen molar-refractivity contribution in [2.24, 2.45) is 10.8 Å². The zero-order chi connectivity index (χ0) is 14.0. The van der Waals surface area contributed by atoms with Gasteiger partial charge in [0.1, 0.15) is 10.8 Å². The Hall–Kier alpha value is -1.99. The number of nitrogens with one attached hydrogen (secondary N) is 1. The summed E-state index contributed by atoms with van der Waals surface area (Å²) in [4.78, 5) is 16.4. The van der Waals surface area contributed by atoms with E-state index in [-0.39, 0.29) is 21.4 Å². The van der Waals surface area contributed by atoms with Crippen LogP contribution < -0.4 is 16.7 Å². The quantitative estimate of drug-likeness (QED) is 0.371. The Morgan fingerprint density at radius 2 is 2.42 bits per heavy atom. The second-order valence-corrected chi connectivity index (χ2v) is 4.54. The number of nitrogens with two attached hydrogens (primary N) is 1. The predicted molar refractivity (Wildman–Crippen MR) is 78.7 cm³/mol. The fourth-order valence-electron chi connectivity index (χ4n) is 1.55. The first kappa shape index (κ1) is 13.4. The van der Waals surface area contributed by atoms with Crippen molar-refractivity contribution in [2.75, 3.05) is 0 Å². The van der Waals surface area contributed by atoms with E-state index < -0.39 is 0 Å². The van der Waals surface area contributed by atoms with Crippen molar-refractivity contribution in [2.45, 2.75) is 6.92 Å². The minimum atomic E-state index is -0.313. The van der Waals surface area contributed by atoms with Gasteiger partial charge in [-0.05, 0) is 30.8 Å². The number of aryl methyl sites for hydroxylation is 1. The van der Waals surface area contributed by atoms with Crippen molar-refractivity contribution in [1.29, 1.82) is 0 Å². The minimum Gasteiger partial charge on any atom is -0.375 e. The third-order valence-electron chi connectivity index (χ3n) is 2.41. The van der Waals surface area contributed by atoms with Crippen LogP contribution >= 0.6 is 23.8 Å². The van der Waals surface area contributed by atoms with Crippen LogP contribution in [0.5, 0.6) is 0 Å². The number of pyridine rings is 1. The van der Waals surface area contributed by atoms with Gasteiger partial charge in [0, 0.05) is 6.20 Å². The van der Waals surface area contributed by atoms with Gasteiger partial charge in [-0.3, -0.25) is 14.6 Å². The van der Waals surface area contributed by atoms with Gasteiger partial charge in [-0.2, -0.15) is 5.10 Å². The summed E-state index contributed by atoms with van der Waals surface area (Å²) >= 11 is 10.6. The van der Waals surface area contributed by atoms with Crippen LogP contribution in [0, 0.1) is 6.92 Å². The molecule has 2 rings (SSSR count). The summed E-state index contributed by atoms with van der Waals surface area (Å²) in [5, 5.41) is 3.79. The topological polar surface area (TPSA) is 84.8 Å². The highest BCUT2D eigenvalue weighted by Gasteiger charge is 2.10. The lowest BCUT2D eigenvalue weighted by Gasteiger charge is -2.05. The van der Waals surface area contributed by atoms with Crippen molar-refractivity contribution in [3.63, 3.8) is 0 Å². The Bertz CT molecular complexity index is 740. The molecule has 2 aromatic rings. The van der Waals surface area contributed by atoms with Crippen LogP contribution in [-0.2, 0) is 0 Å². The predicted octanol–water partition coefficient (Wildman–Crippen LogP) is 0.823. The second-order valence-electron chi connectivity index (χ2n) is 3.74. The number of thiocarbonyl (C=S) groups is 1. The van der Waals surface area contributed by atoms with Crippen LogP contribution in [0.1, 0.15) is 11.1 Å². The number of rotatable bonds is 2. The number of hydrogen-bond acceptors (Lipinski definition) is 4. The van der Waals surface area contributed by atoms with Crippen LogP contribution in [0.3, 0.4) is 0 Å². The number of halogens is 1. The molecule has 0 aromatic carbocycles. The number of hydrazone groups is 1. The standard InChI is InChI=1S/C11H10ClN5OS/c1-6-3-2-4-17-9(6)15-8(12)7(10(17)18)5-14-16-11(13)19/h2-5H,1H3,(H3,13,16,19)/b14-5+. The first-order chi connectivity index (χ1) is 9.00. The molecule has 0 radical (unpaired) electrons. The molecule has 0 aliphatic rings. The van der Waals surface area contributed by atoms with Crippen molar-refractivity contribution in [1.82, 2.24) is 14.8 Å². The molecule has 0 saturated carbocycles. The normalized spacial score (nSPS) is 11.1. The van der Waals surface area contributed by atoms with Crippen molar-refractivity contribution in [3.05, 3.63) is 45.0 Å². The van der Waals surface area contributed by atoms with Gasteiger partial charge in [0.25, 0.3) is 5.56 Å². The number of hydrogen-bond donors (Lipinski definition) is 2. The summed E-state index contributed by atoms with van der Waals surface area (Å²) in [6.07, 6.45) is 2.86. The number of fused-ring (bicyclic) bond motifs is 1. The summed E-state index contributed by atoms with van der Waals surface area (Å²) < 4.78 is 1.41. The van der Waals surface area contributed by atoms with E-state index in [0.717, 1.165) is 5.56 Å². The molecule has 0 saturated heterocycles. The highest BCUT2D eigenvalue weighted by atomic mass is 35.5. The first-order valence-corrected chi connectivity index (χ1v) is 6.05. The lowest BCUT2D eigenvalue weighted by atomic mass is 10.3. The molecule has 0 bridgehead atoms. The third-order valence-corrected chi connectivity index (χ3v) is 2.79. The van der Waals surface area contributed by atoms with Gasteiger partial charge in [-0.25, -0.2) is 4.98 Å². The van der Waals surface area contributed by atoms with Crippen molar-refractivity contribution < 1.29 is 0 Å².